The largest absolute Gasteiger partial charge is 0.341 e. The van der Waals surface area contributed by atoms with Gasteiger partial charge in [-0.25, -0.2) is 0 Å². The summed E-state index contributed by atoms with van der Waals surface area (Å²) >= 11 is 0. The van der Waals surface area contributed by atoms with Gasteiger partial charge in [0, 0.05) is 32.2 Å². The molecule has 100 valence electrons. The van der Waals surface area contributed by atoms with Crippen molar-refractivity contribution >= 4 is 18.3 Å². The number of carbonyl (C=O) groups excluding carboxylic acids is 1. The zero-order valence-electron chi connectivity index (χ0n) is 10.6. The maximum atomic E-state index is 12.2. The fourth-order valence-corrected chi connectivity index (χ4v) is 2.70. The van der Waals surface area contributed by atoms with Crippen molar-refractivity contribution < 1.29 is 4.79 Å². The number of amides is 1. The molecule has 2 aliphatic heterocycles. The van der Waals surface area contributed by atoms with Crippen molar-refractivity contribution in [3.8, 4) is 0 Å². The summed E-state index contributed by atoms with van der Waals surface area (Å²) < 4.78 is 0. The molecule has 2 heterocycles. The van der Waals surface area contributed by atoms with E-state index in [9.17, 15) is 4.79 Å². The van der Waals surface area contributed by atoms with E-state index in [2.05, 4.69) is 4.90 Å². The maximum absolute atomic E-state index is 12.2. The third-order valence-electron chi connectivity index (χ3n) is 3.83. The van der Waals surface area contributed by atoms with Gasteiger partial charge < -0.3 is 10.6 Å². The van der Waals surface area contributed by atoms with Crippen LogP contribution in [0.25, 0.3) is 0 Å². The number of hydrogen-bond acceptors (Lipinski definition) is 3. The van der Waals surface area contributed by atoms with Gasteiger partial charge in [0.2, 0.25) is 5.91 Å². The Hall–Kier alpha value is -0.320. The molecule has 0 spiro atoms. The highest BCUT2D eigenvalue weighted by molar-refractivity contribution is 5.85. The Morgan fingerprint density at radius 3 is 2.41 bits per heavy atom. The van der Waals surface area contributed by atoms with Crippen molar-refractivity contribution in [2.45, 2.75) is 44.7 Å². The van der Waals surface area contributed by atoms with E-state index in [1.165, 1.54) is 6.42 Å². The summed E-state index contributed by atoms with van der Waals surface area (Å²) in [6.45, 7) is 5.77. The minimum atomic E-state index is 0. The van der Waals surface area contributed by atoms with Crippen LogP contribution < -0.4 is 5.73 Å². The maximum Gasteiger partial charge on any atom is 0.239 e. The lowest BCUT2D eigenvalue weighted by Crippen LogP contribution is -2.48. The van der Waals surface area contributed by atoms with Gasteiger partial charge in [-0.15, -0.1) is 12.4 Å². The van der Waals surface area contributed by atoms with Crippen LogP contribution in [0.3, 0.4) is 0 Å². The summed E-state index contributed by atoms with van der Waals surface area (Å²) in [5, 5.41) is 0. The first-order chi connectivity index (χ1) is 7.68. The molecule has 1 amide bonds. The molecule has 2 saturated heterocycles. The summed E-state index contributed by atoms with van der Waals surface area (Å²) in [7, 11) is 0. The molecule has 2 rings (SSSR count). The quantitative estimate of drug-likeness (QED) is 0.802. The monoisotopic (exact) mass is 261 g/mol. The predicted molar refractivity (Wildman–Crippen MR) is 71.3 cm³/mol. The van der Waals surface area contributed by atoms with E-state index in [0.29, 0.717) is 5.91 Å². The molecule has 0 aromatic rings. The lowest BCUT2D eigenvalue weighted by Gasteiger charge is -2.32. The van der Waals surface area contributed by atoms with Gasteiger partial charge in [-0.2, -0.15) is 0 Å². The van der Waals surface area contributed by atoms with Gasteiger partial charge in [-0.05, 0) is 32.6 Å². The first-order valence-corrected chi connectivity index (χ1v) is 6.47. The van der Waals surface area contributed by atoms with Gasteiger partial charge in [-0.1, -0.05) is 0 Å². The van der Waals surface area contributed by atoms with Crippen LogP contribution in [0.5, 0.6) is 0 Å². The van der Waals surface area contributed by atoms with Crippen LogP contribution in [0.2, 0.25) is 0 Å². The van der Waals surface area contributed by atoms with Gasteiger partial charge in [0.05, 0.1) is 6.04 Å². The standard InChI is InChI=1S/C12H23N3O.ClH/c1-10(15-8-5-11(13)9-15)12(16)14-6-3-2-4-7-14;/h10-11H,2-9,13H2,1H3;1H/t10?,11-;/m1./s1. The van der Waals surface area contributed by atoms with Crippen molar-refractivity contribution in [3.63, 3.8) is 0 Å². The second kappa shape index (κ2) is 6.57. The molecule has 5 heteroatoms. The molecule has 0 aromatic heterocycles. The molecule has 0 aliphatic carbocycles. The Bertz CT molecular complexity index is 256. The van der Waals surface area contributed by atoms with E-state index in [4.69, 9.17) is 5.73 Å². The van der Waals surface area contributed by atoms with Crippen LogP contribution in [0.1, 0.15) is 32.6 Å². The van der Waals surface area contributed by atoms with Crippen LogP contribution in [0, 0.1) is 0 Å². The Labute approximate surface area is 110 Å². The lowest BCUT2D eigenvalue weighted by atomic mass is 10.1. The summed E-state index contributed by atoms with van der Waals surface area (Å²) in [5.41, 5.74) is 5.87. The van der Waals surface area contributed by atoms with Crippen molar-refractivity contribution in [1.29, 1.82) is 0 Å². The van der Waals surface area contributed by atoms with E-state index >= 15 is 0 Å². The van der Waals surface area contributed by atoms with Gasteiger partial charge >= 0.3 is 0 Å². The normalized spacial score (nSPS) is 27.6. The highest BCUT2D eigenvalue weighted by atomic mass is 35.5. The van der Waals surface area contributed by atoms with Gasteiger partial charge in [0.15, 0.2) is 0 Å². The summed E-state index contributed by atoms with van der Waals surface area (Å²) in [6, 6.07) is 0.281. The number of nitrogens with zero attached hydrogens (tertiary/aromatic N) is 2. The van der Waals surface area contributed by atoms with E-state index < -0.39 is 0 Å². The zero-order chi connectivity index (χ0) is 11.5. The fourth-order valence-electron chi connectivity index (χ4n) is 2.70. The molecule has 0 saturated carbocycles. The molecular weight excluding hydrogens is 238 g/mol. The molecule has 2 atom stereocenters. The molecule has 2 N–H and O–H groups in total. The fraction of sp³-hybridized carbons (Fsp3) is 0.917. The third-order valence-corrected chi connectivity index (χ3v) is 3.83. The number of carbonyl (C=O) groups is 1. The summed E-state index contributed by atoms with van der Waals surface area (Å²) in [4.78, 5) is 16.5. The topological polar surface area (TPSA) is 49.6 Å². The molecule has 1 unspecified atom stereocenters. The first-order valence-electron chi connectivity index (χ1n) is 6.47. The van der Waals surface area contributed by atoms with Gasteiger partial charge in [-0.3, -0.25) is 9.69 Å². The van der Waals surface area contributed by atoms with Crippen molar-refractivity contribution in [2.24, 2.45) is 5.73 Å². The van der Waals surface area contributed by atoms with Gasteiger partial charge in [0.25, 0.3) is 0 Å². The highest BCUT2D eigenvalue weighted by Crippen LogP contribution is 2.16. The molecule has 2 aliphatic rings. The molecule has 0 aromatic carbocycles. The smallest absolute Gasteiger partial charge is 0.239 e. The molecule has 0 radical (unpaired) electrons. The van der Waals surface area contributed by atoms with E-state index in [0.717, 1.165) is 45.4 Å². The highest BCUT2D eigenvalue weighted by Gasteiger charge is 2.30. The second-order valence-corrected chi connectivity index (χ2v) is 5.11. The van der Waals surface area contributed by atoms with Crippen LogP contribution in [-0.4, -0.2) is 54.0 Å². The second-order valence-electron chi connectivity index (χ2n) is 5.11. The van der Waals surface area contributed by atoms with Crippen molar-refractivity contribution in [3.05, 3.63) is 0 Å². The minimum absolute atomic E-state index is 0. The number of likely N-dealkylation sites (tertiary alicyclic amines) is 2. The Morgan fingerprint density at radius 1 is 1.24 bits per heavy atom. The molecule has 4 nitrogen and oxygen atoms in total. The van der Waals surface area contributed by atoms with Crippen LogP contribution >= 0.6 is 12.4 Å². The molecule has 0 bridgehead atoms. The number of hydrogen-bond donors (Lipinski definition) is 1. The average Bonchev–Trinajstić information content (AvgIpc) is 2.75. The third kappa shape index (κ3) is 3.57. The van der Waals surface area contributed by atoms with Crippen LogP contribution in [0.15, 0.2) is 0 Å². The first kappa shape index (κ1) is 14.7. The average molecular weight is 262 g/mol. The zero-order valence-corrected chi connectivity index (χ0v) is 11.4. The van der Waals surface area contributed by atoms with E-state index in [-0.39, 0.29) is 24.5 Å². The Balaban J connectivity index is 0.00000144. The van der Waals surface area contributed by atoms with E-state index in [1.807, 2.05) is 11.8 Å². The minimum Gasteiger partial charge on any atom is -0.341 e. The molecule has 2 fully saturated rings. The Morgan fingerprint density at radius 2 is 1.88 bits per heavy atom. The Kier molecular flexibility index (Phi) is 5.70. The number of halogens is 1. The number of rotatable bonds is 2. The van der Waals surface area contributed by atoms with Crippen LogP contribution in [-0.2, 0) is 4.79 Å². The SMILES string of the molecule is CC(C(=O)N1CCCCC1)N1CC[C@@H](N)C1.Cl. The lowest BCUT2D eigenvalue weighted by molar-refractivity contribution is -0.136. The van der Waals surface area contributed by atoms with E-state index in [1.54, 1.807) is 0 Å². The predicted octanol–water partition coefficient (Wildman–Crippen LogP) is 0.842. The molecule has 17 heavy (non-hydrogen) atoms. The van der Waals surface area contributed by atoms with Gasteiger partial charge in [0.1, 0.15) is 0 Å². The van der Waals surface area contributed by atoms with Crippen LogP contribution in [0.4, 0.5) is 0 Å². The summed E-state index contributed by atoms with van der Waals surface area (Å²) in [5.74, 6) is 0.300. The molecular formula is C12H24ClN3O. The number of piperidine rings is 1. The number of nitrogens with two attached hydrogens (primary N) is 1. The summed E-state index contributed by atoms with van der Waals surface area (Å²) in [6.07, 6.45) is 4.63. The van der Waals surface area contributed by atoms with Crippen molar-refractivity contribution in [2.75, 3.05) is 26.2 Å². The van der Waals surface area contributed by atoms with Crippen molar-refractivity contribution in [1.82, 2.24) is 9.80 Å².